The summed E-state index contributed by atoms with van der Waals surface area (Å²) in [5, 5.41) is 7.64. The molecule has 194 valence electrons. The summed E-state index contributed by atoms with van der Waals surface area (Å²) in [6.07, 6.45) is 2.51. The Morgan fingerprint density at radius 3 is 2.21 bits per heavy atom. The van der Waals surface area contributed by atoms with Crippen molar-refractivity contribution in [3.63, 3.8) is 0 Å². The summed E-state index contributed by atoms with van der Waals surface area (Å²) >= 11 is 4.09. The van der Waals surface area contributed by atoms with E-state index < -0.39 is 11.6 Å². The second kappa shape index (κ2) is 11.0. The van der Waals surface area contributed by atoms with E-state index in [4.69, 9.17) is 14.2 Å². The number of likely N-dealkylation sites (tertiary alicyclic amines) is 1. The van der Waals surface area contributed by atoms with E-state index in [0.29, 0.717) is 6.61 Å². The lowest BCUT2D eigenvalue weighted by Gasteiger charge is -2.67. The minimum Gasteiger partial charge on any atom is -0.379 e. The molecule has 0 bridgehead atoms. The molecule has 6 fully saturated rings. The van der Waals surface area contributed by atoms with Crippen LogP contribution < -0.4 is 10.6 Å². The van der Waals surface area contributed by atoms with Gasteiger partial charge in [0.25, 0.3) is 0 Å². The van der Waals surface area contributed by atoms with E-state index in [1.807, 2.05) is 11.8 Å². The second-order valence-corrected chi connectivity index (χ2v) is 12.5. The number of hydrogen-bond donors (Lipinski definition) is 2. The van der Waals surface area contributed by atoms with Crippen molar-refractivity contribution < 1.29 is 14.2 Å². The molecule has 0 aromatic rings. The molecule has 11 heteroatoms. The Hall–Kier alpha value is 0.340. The van der Waals surface area contributed by atoms with Gasteiger partial charge in [-0.1, -0.05) is 0 Å². The summed E-state index contributed by atoms with van der Waals surface area (Å²) in [4.78, 5) is 10.4. The maximum atomic E-state index is 7.59. The Morgan fingerprint density at radius 2 is 1.50 bits per heavy atom. The summed E-state index contributed by atoms with van der Waals surface area (Å²) in [6, 6.07) is 0. The quantitative estimate of drug-likeness (QED) is 0.511. The molecule has 6 rings (SSSR count). The SMILES string of the molecule is C1CCN(C2COC(C3NCCS3)(N3CCSCC3)C(N3CCNCC3)(N3CCOCC3)O2)C1. The average Bonchev–Trinajstić information content (AvgIpc) is 3.65. The number of hydrogen-bond acceptors (Lipinski definition) is 11. The fourth-order valence-corrected chi connectivity index (χ4v) is 8.94. The molecule has 2 N–H and O–H groups in total. The first-order chi connectivity index (χ1) is 16.8. The third-order valence-corrected chi connectivity index (χ3v) is 10.5. The molecule has 9 nitrogen and oxygen atoms in total. The summed E-state index contributed by atoms with van der Waals surface area (Å²) in [6.45, 7) is 13.1. The highest BCUT2D eigenvalue weighted by atomic mass is 32.2. The van der Waals surface area contributed by atoms with Gasteiger partial charge in [-0.3, -0.25) is 19.6 Å². The van der Waals surface area contributed by atoms with Crippen molar-refractivity contribution in [3.8, 4) is 0 Å². The minimum atomic E-state index is -0.651. The topological polar surface area (TPSA) is 64.7 Å². The standard InChI is InChI=1S/C23H42N6O3S2/c1-2-7-26(6-1)20-19-31-22(21-25-5-16-34-21,27-12-17-33-18-13-27)23(32-20,28-8-3-24-4-9-28)29-10-14-30-15-11-29/h20-21,24-25H,1-19H2. The van der Waals surface area contributed by atoms with E-state index in [2.05, 4.69) is 42.0 Å². The highest BCUT2D eigenvalue weighted by Crippen LogP contribution is 2.50. The van der Waals surface area contributed by atoms with Crippen molar-refractivity contribution in [2.45, 2.75) is 36.0 Å². The van der Waals surface area contributed by atoms with Crippen LogP contribution in [0.4, 0.5) is 0 Å². The number of ether oxygens (including phenoxy) is 3. The van der Waals surface area contributed by atoms with Crippen molar-refractivity contribution in [3.05, 3.63) is 0 Å². The summed E-state index contributed by atoms with van der Waals surface area (Å²) in [7, 11) is 0. The van der Waals surface area contributed by atoms with E-state index >= 15 is 0 Å². The Bertz CT molecular complexity index is 647. The lowest BCUT2D eigenvalue weighted by atomic mass is 9.96. The molecular formula is C23H42N6O3S2. The number of piperazine rings is 1. The molecule has 0 spiro atoms. The van der Waals surface area contributed by atoms with Gasteiger partial charge in [0.2, 0.25) is 11.6 Å². The van der Waals surface area contributed by atoms with Crippen LogP contribution in [0.5, 0.6) is 0 Å². The number of thioether (sulfide) groups is 2. The maximum absolute atomic E-state index is 7.59. The van der Waals surface area contributed by atoms with Crippen LogP contribution in [0.15, 0.2) is 0 Å². The van der Waals surface area contributed by atoms with Gasteiger partial charge in [-0.05, 0) is 12.8 Å². The van der Waals surface area contributed by atoms with Gasteiger partial charge in [0.05, 0.1) is 19.8 Å². The normalized spacial score (nSPS) is 42.4. The van der Waals surface area contributed by atoms with Gasteiger partial charge < -0.3 is 24.8 Å². The van der Waals surface area contributed by atoms with Crippen LogP contribution in [0.3, 0.4) is 0 Å². The average molecular weight is 515 g/mol. The van der Waals surface area contributed by atoms with E-state index in [0.717, 1.165) is 102 Å². The van der Waals surface area contributed by atoms with Crippen molar-refractivity contribution in [2.75, 3.05) is 109 Å². The Morgan fingerprint density at radius 1 is 0.765 bits per heavy atom. The zero-order valence-corrected chi connectivity index (χ0v) is 22.1. The predicted molar refractivity (Wildman–Crippen MR) is 137 cm³/mol. The fraction of sp³-hybridized carbons (Fsp3) is 1.00. The van der Waals surface area contributed by atoms with Crippen molar-refractivity contribution in [2.24, 2.45) is 0 Å². The molecule has 6 aliphatic heterocycles. The zero-order chi connectivity index (χ0) is 22.8. The number of nitrogens with zero attached hydrogens (tertiary/aromatic N) is 4. The van der Waals surface area contributed by atoms with E-state index in [1.165, 1.54) is 12.8 Å². The van der Waals surface area contributed by atoms with Gasteiger partial charge >= 0.3 is 0 Å². The summed E-state index contributed by atoms with van der Waals surface area (Å²) < 4.78 is 20.8. The van der Waals surface area contributed by atoms with E-state index in [9.17, 15) is 0 Å². The first-order valence-electron chi connectivity index (χ1n) is 13.4. The number of morpholine rings is 1. The number of rotatable bonds is 5. The highest BCUT2D eigenvalue weighted by Gasteiger charge is 2.71. The molecule has 6 saturated heterocycles. The monoisotopic (exact) mass is 514 g/mol. The molecule has 0 saturated carbocycles. The number of nitrogens with one attached hydrogen (secondary N) is 2. The van der Waals surface area contributed by atoms with Crippen LogP contribution >= 0.6 is 23.5 Å². The summed E-state index contributed by atoms with van der Waals surface area (Å²) in [5.74, 6) is 2.77. The molecule has 0 radical (unpaired) electrons. The molecule has 4 atom stereocenters. The van der Waals surface area contributed by atoms with E-state index in [1.54, 1.807) is 0 Å². The van der Waals surface area contributed by atoms with Crippen LogP contribution in [0, 0.1) is 0 Å². The fourth-order valence-electron chi connectivity index (χ4n) is 6.73. The van der Waals surface area contributed by atoms with E-state index in [-0.39, 0.29) is 11.6 Å². The molecule has 0 aromatic carbocycles. The zero-order valence-electron chi connectivity index (χ0n) is 20.4. The van der Waals surface area contributed by atoms with Crippen LogP contribution in [0.1, 0.15) is 12.8 Å². The molecule has 0 aliphatic carbocycles. The molecule has 6 aliphatic rings. The van der Waals surface area contributed by atoms with Crippen LogP contribution in [-0.2, 0) is 14.2 Å². The van der Waals surface area contributed by atoms with Gasteiger partial charge in [0.1, 0.15) is 11.6 Å². The lowest BCUT2D eigenvalue weighted by Crippen LogP contribution is -2.88. The Labute approximate surface area is 212 Å². The largest absolute Gasteiger partial charge is 0.379 e. The first-order valence-corrected chi connectivity index (χ1v) is 15.6. The molecule has 6 heterocycles. The highest BCUT2D eigenvalue weighted by molar-refractivity contribution is 8.00. The third-order valence-electron chi connectivity index (χ3n) is 8.30. The molecule has 0 aromatic heterocycles. The Balaban J connectivity index is 1.48. The smallest absolute Gasteiger partial charge is 0.228 e. The van der Waals surface area contributed by atoms with Gasteiger partial charge in [-0.15, -0.1) is 11.8 Å². The predicted octanol–water partition coefficient (Wildman–Crippen LogP) is -0.246. The van der Waals surface area contributed by atoms with Gasteiger partial charge in [-0.25, -0.2) is 0 Å². The molecule has 0 amide bonds. The molecular weight excluding hydrogens is 472 g/mol. The first kappa shape index (κ1) is 24.7. The summed E-state index contributed by atoms with van der Waals surface area (Å²) in [5.41, 5.74) is -0.569. The molecule has 4 unspecified atom stereocenters. The van der Waals surface area contributed by atoms with Crippen LogP contribution in [0.2, 0.25) is 0 Å². The lowest BCUT2D eigenvalue weighted by molar-refractivity contribution is -0.444. The second-order valence-electron chi connectivity index (χ2n) is 10.1. The van der Waals surface area contributed by atoms with Crippen molar-refractivity contribution in [1.29, 1.82) is 0 Å². The van der Waals surface area contributed by atoms with Gasteiger partial charge in [0, 0.05) is 89.3 Å². The minimum absolute atomic E-state index is 0.000996. The van der Waals surface area contributed by atoms with Gasteiger partial charge in [0.15, 0.2) is 0 Å². The maximum Gasteiger partial charge on any atom is 0.228 e. The van der Waals surface area contributed by atoms with Crippen LogP contribution in [-0.4, -0.2) is 152 Å². The third kappa shape index (κ3) is 4.26. The Kier molecular flexibility index (Phi) is 7.97. The molecule has 34 heavy (non-hydrogen) atoms. The van der Waals surface area contributed by atoms with Crippen molar-refractivity contribution in [1.82, 2.24) is 30.2 Å². The van der Waals surface area contributed by atoms with Crippen LogP contribution in [0.25, 0.3) is 0 Å². The van der Waals surface area contributed by atoms with Gasteiger partial charge in [-0.2, -0.15) is 11.8 Å². The van der Waals surface area contributed by atoms with Crippen molar-refractivity contribution >= 4 is 23.5 Å².